The average molecular weight is 264 g/mol. The van der Waals surface area contributed by atoms with Crippen LogP contribution in [0.15, 0.2) is 24.3 Å². The first kappa shape index (κ1) is 15.5. The van der Waals surface area contributed by atoms with Gasteiger partial charge in [-0.15, -0.1) is 0 Å². The molecule has 4 heteroatoms. The number of hydrogen-bond acceptors (Lipinski definition) is 3. The summed E-state index contributed by atoms with van der Waals surface area (Å²) in [5.74, 6) is 0.881. The third-order valence-corrected chi connectivity index (χ3v) is 3.09. The maximum absolute atomic E-state index is 11.8. The zero-order chi connectivity index (χ0) is 14.3. The van der Waals surface area contributed by atoms with Crippen LogP contribution < -0.4 is 15.8 Å². The van der Waals surface area contributed by atoms with Crippen molar-refractivity contribution in [1.29, 1.82) is 0 Å². The number of aryl methyl sites for hydroxylation is 1. The van der Waals surface area contributed by atoms with Crippen molar-refractivity contribution in [2.24, 2.45) is 11.1 Å². The minimum Gasteiger partial charge on any atom is -0.497 e. The summed E-state index contributed by atoms with van der Waals surface area (Å²) < 4.78 is 5.15. The second kappa shape index (κ2) is 7.14. The SMILES string of the molecule is COc1cccc(CCC(=O)NCC(C)(C)CN)c1. The normalized spacial score (nSPS) is 11.2. The Balaban J connectivity index is 2.37. The van der Waals surface area contributed by atoms with Crippen LogP contribution in [0.2, 0.25) is 0 Å². The lowest BCUT2D eigenvalue weighted by Crippen LogP contribution is -2.38. The molecule has 0 radical (unpaired) electrons. The van der Waals surface area contributed by atoms with Crippen LogP contribution in [0.5, 0.6) is 5.75 Å². The van der Waals surface area contributed by atoms with Gasteiger partial charge in [0.2, 0.25) is 5.91 Å². The summed E-state index contributed by atoms with van der Waals surface area (Å²) in [5.41, 5.74) is 6.68. The highest BCUT2D eigenvalue weighted by Gasteiger charge is 2.16. The second-order valence-corrected chi connectivity index (χ2v) is 5.50. The van der Waals surface area contributed by atoms with E-state index in [1.54, 1.807) is 7.11 Å². The quantitative estimate of drug-likeness (QED) is 0.788. The summed E-state index contributed by atoms with van der Waals surface area (Å²) in [6, 6.07) is 7.79. The van der Waals surface area contributed by atoms with E-state index in [0.717, 1.165) is 11.3 Å². The zero-order valence-electron chi connectivity index (χ0n) is 12.0. The molecule has 3 N–H and O–H groups in total. The summed E-state index contributed by atoms with van der Waals surface area (Å²) in [7, 11) is 1.64. The van der Waals surface area contributed by atoms with Crippen LogP contribution in [0, 0.1) is 5.41 Å². The third kappa shape index (κ3) is 5.75. The molecule has 0 aliphatic rings. The van der Waals surface area contributed by atoms with Crippen LogP contribution in [0.25, 0.3) is 0 Å². The van der Waals surface area contributed by atoms with Crippen molar-refractivity contribution >= 4 is 5.91 Å². The van der Waals surface area contributed by atoms with Gasteiger partial charge in [-0.1, -0.05) is 26.0 Å². The third-order valence-electron chi connectivity index (χ3n) is 3.09. The van der Waals surface area contributed by atoms with Crippen LogP contribution in [0.3, 0.4) is 0 Å². The molecule has 1 rings (SSSR count). The first-order valence-electron chi connectivity index (χ1n) is 6.56. The molecule has 0 saturated heterocycles. The van der Waals surface area contributed by atoms with Crippen molar-refractivity contribution in [2.45, 2.75) is 26.7 Å². The topological polar surface area (TPSA) is 64.3 Å². The first-order chi connectivity index (χ1) is 8.96. The van der Waals surface area contributed by atoms with Crippen molar-refractivity contribution in [3.63, 3.8) is 0 Å². The summed E-state index contributed by atoms with van der Waals surface area (Å²) >= 11 is 0. The number of methoxy groups -OCH3 is 1. The van der Waals surface area contributed by atoms with Gasteiger partial charge in [0.15, 0.2) is 0 Å². The van der Waals surface area contributed by atoms with E-state index in [2.05, 4.69) is 5.32 Å². The van der Waals surface area contributed by atoms with Crippen molar-refractivity contribution in [2.75, 3.05) is 20.2 Å². The van der Waals surface area contributed by atoms with E-state index in [1.807, 2.05) is 38.1 Å². The predicted octanol–water partition coefficient (Wildman–Crippen LogP) is 1.73. The highest BCUT2D eigenvalue weighted by Crippen LogP contribution is 2.14. The van der Waals surface area contributed by atoms with Gasteiger partial charge < -0.3 is 15.8 Å². The number of nitrogens with one attached hydrogen (secondary N) is 1. The number of benzene rings is 1. The van der Waals surface area contributed by atoms with Crippen LogP contribution in [-0.4, -0.2) is 26.1 Å². The second-order valence-electron chi connectivity index (χ2n) is 5.50. The van der Waals surface area contributed by atoms with Gasteiger partial charge in [0.1, 0.15) is 5.75 Å². The van der Waals surface area contributed by atoms with E-state index in [4.69, 9.17) is 10.5 Å². The Morgan fingerprint density at radius 1 is 1.42 bits per heavy atom. The van der Waals surface area contributed by atoms with Crippen LogP contribution in [-0.2, 0) is 11.2 Å². The van der Waals surface area contributed by atoms with Crippen molar-refractivity contribution in [1.82, 2.24) is 5.32 Å². The lowest BCUT2D eigenvalue weighted by atomic mass is 9.94. The number of nitrogens with two attached hydrogens (primary N) is 1. The molecule has 1 amide bonds. The molecule has 0 atom stereocenters. The standard InChI is InChI=1S/C15H24N2O2/c1-15(2,10-16)11-17-14(18)8-7-12-5-4-6-13(9-12)19-3/h4-6,9H,7-8,10-11,16H2,1-3H3,(H,17,18). The first-order valence-corrected chi connectivity index (χ1v) is 6.56. The smallest absolute Gasteiger partial charge is 0.220 e. The molecule has 1 aromatic rings. The van der Waals surface area contributed by atoms with E-state index in [9.17, 15) is 4.79 Å². The largest absolute Gasteiger partial charge is 0.497 e. The summed E-state index contributed by atoms with van der Waals surface area (Å²) in [5, 5.41) is 2.92. The summed E-state index contributed by atoms with van der Waals surface area (Å²) in [6.45, 7) is 5.24. The van der Waals surface area contributed by atoms with Crippen LogP contribution >= 0.6 is 0 Å². The van der Waals surface area contributed by atoms with Gasteiger partial charge >= 0.3 is 0 Å². The van der Waals surface area contributed by atoms with Crippen molar-refractivity contribution in [3.05, 3.63) is 29.8 Å². The maximum Gasteiger partial charge on any atom is 0.220 e. The Morgan fingerprint density at radius 3 is 2.79 bits per heavy atom. The van der Waals surface area contributed by atoms with Gasteiger partial charge in [0, 0.05) is 13.0 Å². The Kier molecular flexibility index (Phi) is 5.83. The molecular formula is C15H24N2O2. The molecule has 4 nitrogen and oxygen atoms in total. The Hall–Kier alpha value is -1.55. The van der Waals surface area contributed by atoms with Crippen LogP contribution in [0.4, 0.5) is 0 Å². The highest BCUT2D eigenvalue weighted by molar-refractivity contribution is 5.76. The molecule has 0 aliphatic heterocycles. The molecule has 19 heavy (non-hydrogen) atoms. The minimum atomic E-state index is -0.0500. The average Bonchev–Trinajstić information content (AvgIpc) is 2.43. The van der Waals surface area contributed by atoms with Gasteiger partial charge in [-0.05, 0) is 36.1 Å². The van der Waals surface area contributed by atoms with E-state index in [1.165, 1.54) is 0 Å². The highest BCUT2D eigenvalue weighted by atomic mass is 16.5. The number of carbonyl (C=O) groups is 1. The number of ether oxygens (including phenoxy) is 1. The molecule has 0 fully saturated rings. The van der Waals surface area contributed by atoms with Crippen molar-refractivity contribution in [3.8, 4) is 5.75 Å². The van der Waals surface area contributed by atoms with Gasteiger partial charge in [0.25, 0.3) is 0 Å². The Morgan fingerprint density at radius 2 is 2.16 bits per heavy atom. The van der Waals surface area contributed by atoms with E-state index >= 15 is 0 Å². The molecule has 1 aromatic carbocycles. The molecule has 0 spiro atoms. The Labute approximate surface area is 115 Å². The Bertz CT molecular complexity index is 416. The van der Waals surface area contributed by atoms with Gasteiger partial charge in [-0.3, -0.25) is 4.79 Å². The molecular weight excluding hydrogens is 240 g/mol. The number of carbonyl (C=O) groups excluding carboxylic acids is 1. The molecule has 0 aliphatic carbocycles. The van der Waals surface area contributed by atoms with Gasteiger partial charge in [-0.25, -0.2) is 0 Å². The van der Waals surface area contributed by atoms with Crippen molar-refractivity contribution < 1.29 is 9.53 Å². The number of amides is 1. The fourth-order valence-corrected chi connectivity index (χ4v) is 1.58. The monoisotopic (exact) mass is 264 g/mol. The molecule has 106 valence electrons. The minimum absolute atomic E-state index is 0.0500. The number of hydrogen-bond donors (Lipinski definition) is 2. The van der Waals surface area contributed by atoms with Gasteiger partial charge in [-0.2, -0.15) is 0 Å². The fourth-order valence-electron chi connectivity index (χ4n) is 1.58. The lowest BCUT2D eigenvalue weighted by Gasteiger charge is -2.22. The van der Waals surface area contributed by atoms with E-state index in [-0.39, 0.29) is 11.3 Å². The van der Waals surface area contributed by atoms with Gasteiger partial charge in [0.05, 0.1) is 7.11 Å². The zero-order valence-corrected chi connectivity index (χ0v) is 12.0. The maximum atomic E-state index is 11.8. The molecule has 0 heterocycles. The summed E-state index contributed by atoms with van der Waals surface area (Å²) in [4.78, 5) is 11.8. The fraction of sp³-hybridized carbons (Fsp3) is 0.533. The molecule has 0 bridgehead atoms. The number of rotatable bonds is 7. The lowest BCUT2D eigenvalue weighted by molar-refractivity contribution is -0.121. The predicted molar refractivity (Wildman–Crippen MR) is 77.2 cm³/mol. The molecule has 0 saturated carbocycles. The van der Waals surface area contributed by atoms with E-state index in [0.29, 0.717) is 25.9 Å². The summed E-state index contributed by atoms with van der Waals surface area (Å²) in [6.07, 6.45) is 1.19. The molecule has 0 aromatic heterocycles. The van der Waals surface area contributed by atoms with Crippen LogP contribution in [0.1, 0.15) is 25.8 Å². The molecule has 0 unspecified atom stereocenters. The van der Waals surface area contributed by atoms with E-state index < -0.39 is 0 Å².